The standard InChI is InChI=1S/C20H18N4OS2/c1-11(2)14-9-8-13-16(21)17(27-19(13)22-14)18(25)24-20-23-15(10-26-20)12-6-4-3-5-7-12/h3-11H,21H2,1-2H3,(H,23,24,25). The van der Waals surface area contributed by atoms with E-state index in [2.05, 4.69) is 29.1 Å². The minimum Gasteiger partial charge on any atom is -0.397 e. The second kappa shape index (κ2) is 7.09. The fourth-order valence-electron chi connectivity index (χ4n) is 2.73. The first kappa shape index (κ1) is 17.6. The maximum Gasteiger partial charge on any atom is 0.269 e. The molecule has 0 aliphatic rings. The van der Waals surface area contributed by atoms with Crippen LogP contribution in [0.4, 0.5) is 10.8 Å². The average molecular weight is 395 g/mol. The Morgan fingerprint density at radius 3 is 2.63 bits per heavy atom. The molecule has 3 heterocycles. The van der Waals surface area contributed by atoms with E-state index in [0.717, 1.165) is 27.2 Å². The number of carbonyl (C=O) groups excluding carboxylic acids is 1. The van der Waals surface area contributed by atoms with Gasteiger partial charge in [-0.1, -0.05) is 44.2 Å². The zero-order valence-electron chi connectivity index (χ0n) is 14.9. The highest BCUT2D eigenvalue weighted by molar-refractivity contribution is 7.21. The summed E-state index contributed by atoms with van der Waals surface area (Å²) < 4.78 is 0. The summed E-state index contributed by atoms with van der Waals surface area (Å²) in [6.07, 6.45) is 0. The molecule has 4 rings (SSSR count). The predicted octanol–water partition coefficient (Wildman–Crippen LogP) is 5.38. The van der Waals surface area contributed by atoms with Crippen molar-refractivity contribution in [3.63, 3.8) is 0 Å². The monoisotopic (exact) mass is 394 g/mol. The number of nitrogens with two attached hydrogens (primary N) is 1. The molecule has 0 atom stereocenters. The Bertz CT molecular complexity index is 1120. The molecule has 0 fully saturated rings. The number of amides is 1. The first-order valence-corrected chi connectivity index (χ1v) is 10.2. The number of thiazole rings is 1. The van der Waals surface area contributed by atoms with Gasteiger partial charge in [0.15, 0.2) is 5.13 Å². The summed E-state index contributed by atoms with van der Waals surface area (Å²) in [4.78, 5) is 23.1. The highest BCUT2D eigenvalue weighted by atomic mass is 32.1. The maximum absolute atomic E-state index is 12.7. The molecular weight excluding hydrogens is 376 g/mol. The van der Waals surface area contributed by atoms with Crippen LogP contribution in [0.5, 0.6) is 0 Å². The molecule has 0 unspecified atom stereocenters. The predicted molar refractivity (Wildman–Crippen MR) is 114 cm³/mol. The van der Waals surface area contributed by atoms with E-state index in [1.54, 1.807) is 0 Å². The summed E-state index contributed by atoms with van der Waals surface area (Å²) in [5, 5.41) is 6.15. The van der Waals surface area contributed by atoms with Gasteiger partial charge in [-0.15, -0.1) is 22.7 Å². The minimum atomic E-state index is -0.254. The van der Waals surface area contributed by atoms with Crippen molar-refractivity contribution in [2.24, 2.45) is 0 Å². The number of hydrogen-bond donors (Lipinski definition) is 2. The van der Waals surface area contributed by atoms with Crippen LogP contribution in [0, 0.1) is 0 Å². The fraction of sp³-hybridized carbons (Fsp3) is 0.150. The number of pyridine rings is 1. The Morgan fingerprint density at radius 1 is 1.11 bits per heavy atom. The van der Waals surface area contributed by atoms with Gasteiger partial charge in [0, 0.05) is 22.0 Å². The number of nitrogens with one attached hydrogen (secondary N) is 1. The first-order valence-electron chi connectivity index (χ1n) is 8.54. The van der Waals surface area contributed by atoms with Crippen LogP contribution >= 0.6 is 22.7 Å². The zero-order chi connectivity index (χ0) is 19.0. The molecule has 1 amide bonds. The van der Waals surface area contributed by atoms with E-state index < -0.39 is 0 Å². The van der Waals surface area contributed by atoms with Crippen molar-refractivity contribution in [1.82, 2.24) is 9.97 Å². The summed E-state index contributed by atoms with van der Waals surface area (Å²) in [7, 11) is 0. The summed E-state index contributed by atoms with van der Waals surface area (Å²) in [6.45, 7) is 4.18. The highest BCUT2D eigenvalue weighted by Crippen LogP contribution is 2.34. The molecule has 0 saturated heterocycles. The summed E-state index contributed by atoms with van der Waals surface area (Å²) >= 11 is 2.71. The molecule has 1 aromatic carbocycles. The van der Waals surface area contributed by atoms with Gasteiger partial charge in [-0.2, -0.15) is 0 Å². The van der Waals surface area contributed by atoms with E-state index in [-0.39, 0.29) is 5.91 Å². The lowest BCUT2D eigenvalue weighted by Crippen LogP contribution is -2.11. The van der Waals surface area contributed by atoms with Crippen molar-refractivity contribution < 1.29 is 4.79 Å². The van der Waals surface area contributed by atoms with Crippen molar-refractivity contribution in [3.05, 3.63) is 58.4 Å². The Kier molecular flexibility index (Phi) is 4.63. The van der Waals surface area contributed by atoms with Crippen molar-refractivity contribution in [3.8, 4) is 11.3 Å². The van der Waals surface area contributed by atoms with E-state index in [4.69, 9.17) is 5.73 Å². The van der Waals surface area contributed by atoms with E-state index in [0.29, 0.717) is 21.6 Å². The van der Waals surface area contributed by atoms with Crippen LogP contribution in [0.1, 0.15) is 35.1 Å². The summed E-state index contributed by atoms with van der Waals surface area (Å²) in [5.74, 6) is 0.0669. The number of rotatable bonds is 4. The molecule has 0 aliphatic carbocycles. The van der Waals surface area contributed by atoms with Crippen LogP contribution < -0.4 is 11.1 Å². The van der Waals surface area contributed by atoms with E-state index in [1.165, 1.54) is 22.7 Å². The molecule has 0 aliphatic heterocycles. The van der Waals surface area contributed by atoms with Gasteiger partial charge in [-0.05, 0) is 18.1 Å². The molecule has 5 nitrogen and oxygen atoms in total. The number of anilines is 2. The number of hydrogen-bond acceptors (Lipinski definition) is 6. The zero-order valence-corrected chi connectivity index (χ0v) is 16.5. The van der Waals surface area contributed by atoms with Crippen molar-refractivity contribution in [2.75, 3.05) is 11.1 Å². The molecular formula is C20H18N4OS2. The van der Waals surface area contributed by atoms with E-state index >= 15 is 0 Å². The van der Waals surface area contributed by atoms with Crippen LogP contribution in [-0.2, 0) is 0 Å². The third kappa shape index (κ3) is 3.43. The molecule has 0 spiro atoms. The SMILES string of the molecule is CC(C)c1ccc2c(N)c(C(=O)Nc3nc(-c4ccccc4)cs3)sc2n1. The second-order valence-corrected chi connectivity index (χ2v) is 8.30. The van der Waals surface area contributed by atoms with Crippen molar-refractivity contribution >= 4 is 49.6 Å². The largest absolute Gasteiger partial charge is 0.397 e. The van der Waals surface area contributed by atoms with E-state index in [1.807, 2.05) is 47.8 Å². The summed E-state index contributed by atoms with van der Waals surface area (Å²) in [6, 6.07) is 13.8. The lowest BCUT2D eigenvalue weighted by molar-refractivity contribution is 0.103. The van der Waals surface area contributed by atoms with Crippen LogP contribution in [0.15, 0.2) is 47.8 Å². The number of benzene rings is 1. The second-order valence-electron chi connectivity index (χ2n) is 6.45. The topological polar surface area (TPSA) is 80.9 Å². The average Bonchev–Trinajstić information content (AvgIpc) is 3.27. The molecule has 27 heavy (non-hydrogen) atoms. The van der Waals surface area contributed by atoms with Gasteiger partial charge in [0.25, 0.3) is 5.91 Å². The lowest BCUT2D eigenvalue weighted by atomic mass is 10.1. The number of nitrogens with zero attached hydrogens (tertiary/aromatic N) is 2. The molecule has 136 valence electrons. The number of fused-ring (bicyclic) bond motifs is 1. The number of nitrogen functional groups attached to an aromatic ring is 1. The Hall–Kier alpha value is -2.77. The quantitative estimate of drug-likeness (QED) is 0.487. The molecule has 4 aromatic rings. The maximum atomic E-state index is 12.7. The van der Waals surface area contributed by atoms with Crippen LogP contribution in [0.3, 0.4) is 0 Å². The molecule has 7 heteroatoms. The van der Waals surface area contributed by atoms with Crippen molar-refractivity contribution in [2.45, 2.75) is 19.8 Å². The minimum absolute atomic E-state index is 0.254. The smallest absolute Gasteiger partial charge is 0.269 e. The van der Waals surface area contributed by atoms with Gasteiger partial charge in [0.1, 0.15) is 9.71 Å². The Balaban J connectivity index is 1.60. The van der Waals surface area contributed by atoms with E-state index in [9.17, 15) is 4.79 Å². The van der Waals surface area contributed by atoms with Crippen LogP contribution in [0.25, 0.3) is 21.5 Å². The molecule has 0 bridgehead atoms. The lowest BCUT2D eigenvalue weighted by Gasteiger charge is -2.03. The first-order chi connectivity index (χ1) is 13.0. The molecule has 3 aromatic heterocycles. The third-order valence-electron chi connectivity index (χ3n) is 4.21. The fourth-order valence-corrected chi connectivity index (χ4v) is 4.44. The van der Waals surface area contributed by atoms with Gasteiger partial charge in [-0.3, -0.25) is 10.1 Å². The number of thiophene rings is 1. The highest BCUT2D eigenvalue weighted by Gasteiger charge is 2.19. The van der Waals surface area contributed by atoms with Gasteiger partial charge in [-0.25, -0.2) is 9.97 Å². The van der Waals surface area contributed by atoms with Gasteiger partial charge >= 0.3 is 0 Å². The van der Waals surface area contributed by atoms with Gasteiger partial charge < -0.3 is 5.73 Å². The van der Waals surface area contributed by atoms with Gasteiger partial charge in [0.2, 0.25) is 0 Å². The van der Waals surface area contributed by atoms with Crippen LogP contribution in [-0.4, -0.2) is 15.9 Å². The molecule has 0 saturated carbocycles. The number of aromatic nitrogens is 2. The molecule has 3 N–H and O–H groups in total. The Labute approximate surface area is 164 Å². The molecule has 0 radical (unpaired) electrons. The van der Waals surface area contributed by atoms with Gasteiger partial charge in [0.05, 0.1) is 11.4 Å². The third-order valence-corrected chi connectivity index (χ3v) is 6.08. The summed E-state index contributed by atoms with van der Waals surface area (Å²) in [5.41, 5.74) is 9.52. The Morgan fingerprint density at radius 2 is 1.89 bits per heavy atom. The normalized spacial score (nSPS) is 11.2. The van der Waals surface area contributed by atoms with Crippen LogP contribution in [0.2, 0.25) is 0 Å². The van der Waals surface area contributed by atoms with Crippen molar-refractivity contribution in [1.29, 1.82) is 0 Å². The number of carbonyl (C=O) groups is 1.